The van der Waals surface area contributed by atoms with Crippen LogP contribution in [0.4, 0.5) is 4.79 Å². The maximum Gasteiger partial charge on any atom is 0.339 e. The first-order chi connectivity index (χ1) is 4.20. The van der Waals surface area contributed by atoms with Crippen LogP contribution in [-0.2, 0) is 0 Å². The summed E-state index contributed by atoms with van der Waals surface area (Å²) in [5.41, 5.74) is 5.67. The highest BCUT2D eigenvalue weighted by atomic mass is 16.2. The summed E-state index contributed by atoms with van der Waals surface area (Å²) in [6.07, 6.45) is 1.53. The molecule has 0 aliphatic heterocycles. The SMILES string of the molecule is Cc1ccn(C(N)=O)n1. The van der Waals surface area contributed by atoms with E-state index in [-0.39, 0.29) is 0 Å². The quantitative estimate of drug-likeness (QED) is 0.535. The Morgan fingerprint density at radius 1 is 1.89 bits per heavy atom. The number of hydrogen-bond donors (Lipinski definition) is 1. The number of primary amides is 1. The molecule has 48 valence electrons. The molecule has 0 fully saturated rings. The van der Waals surface area contributed by atoms with Crippen molar-refractivity contribution in [3.05, 3.63) is 18.0 Å². The minimum Gasteiger partial charge on any atom is -0.350 e. The van der Waals surface area contributed by atoms with Gasteiger partial charge in [0.2, 0.25) is 0 Å². The van der Waals surface area contributed by atoms with Gasteiger partial charge in [0.25, 0.3) is 0 Å². The third kappa shape index (κ3) is 1.07. The minimum absolute atomic E-state index is 0.553. The summed E-state index contributed by atoms with van der Waals surface area (Å²) in [6.45, 7) is 1.79. The minimum atomic E-state index is -0.553. The van der Waals surface area contributed by atoms with Gasteiger partial charge < -0.3 is 5.73 Å². The predicted molar refractivity (Wildman–Crippen MR) is 31.9 cm³/mol. The molecule has 4 heteroatoms. The van der Waals surface area contributed by atoms with Crippen LogP contribution < -0.4 is 5.73 Å². The summed E-state index contributed by atoms with van der Waals surface area (Å²) in [7, 11) is 0. The van der Waals surface area contributed by atoms with Crippen LogP contribution in [0.2, 0.25) is 0 Å². The molecule has 0 bridgehead atoms. The van der Waals surface area contributed by atoms with Crippen molar-refractivity contribution < 1.29 is 4.79 Å². The van der Waals surface area contributed by atoms with Crippen LogP contribution in [0.15, 0.2) is 12.3 Å². The average Bonchev–Trinajstić information content (AvgIpc) is 2.14. The van der Waals surface area contributed by atoms with Crippen LogP contribution in [0, 0.1) is 6.92 Å². The van der Waals surface area contributed by atoms with Crippen LogP contribution in [0.5, 0.6) is 0 Å². The Morgan fingerprint density at radius 3 is 2.78 bits per heavy atom. The molecule has 1 aromatic rings. The number of amides is 1. The molecule has 2 N–H and O–H groups in total. The Morgan fingerprint density at radius 2 is 2.56 bits per heavy atom. The molecule has 9 heavy (non-hydrogen) atoms. The van der Waals surface area contributed by atoms with E-state index in [2.05, 4.69) is 5.10 Å². The van der Waals surface area contributed by atoms with Crippen LogP contribution in [-0.4, -0.2) is 15.8 Å². The lowest BCUT2D eigenvalue weighted by Gasteiger charge is -1.88. The van der Waals surface area contributed by atoms with E-state index in [1.54, 1.807) is 13.0 Å². The lowest BCUT2D eigenvalue weighted by atomic mass is 10.5. The van der Waals surface area contributed by atoms with Crippen LogP contribution in [0.1, 0.15) is 5.69 Å². The molecule has 0 aliphatic carbocycles. The smallest absolute Gasteiger partial charge is 0.339 e. The molecular weight excluding hydrogens is 118 g/mol. The molecule has 0 aliphatic rings. The van der Waals surface area contributed by atoms with Gasteiger partial charge >= 0.3 is 6.03 Å². The first-order valence-corrected chi connectivity index (χ1v) is 2.52. The number of aryl methyl sites for hydroxylation is 1. The zero-order valence-corrected chi connectivity index (χ0v) is 5.03. The second-order valence-electron chi connectivity index (χ2n) is 1.74. The molecule has 1 heterocycles. The summed E-state index contributed by atoms with van der Waals surface area (Å²) in [5.74, 6) is 0. The van der Waals surface area contributed by atoms with Crippen molar-refractivity contribution in [2.24, 2.45) is 5.73 Å². The Kier molecular flexibility index (Phi) is 1.22. The number of hydrogen-bond acceptors (Lipinski definition) is 2. The van der Waals surface area contributed by atoms with Gasteiger partial charge in [-0.25, -0.2) is 4.79 Å². The third-order valence-corrected chi connectivity index (χ3v) is 0.948. The third-order valence-electron chi connectivity index (χ3n) is 0.948. The highest BCUT2D eigenvalue weighted by Crippen LogP contribution is 1.89. The summed E-state index contributed by atoms with van der Waals surface area (Å²) in [6, 6.07) is 1.16. The van der Waals surface area contributed by atoms with Gasteiger partial charge in [0.05, 0.1) is 5.69 Å². The number of nitrogens with zero attached hydrogens (tertiary/aromatic N) is 2. The topological polar surface area (TPSA) is 60.9 Å². The van der Waals surface area contributed by atoms with E-state index < -0.39 is 6.03 Å². The molecule has 4 nitrogen and oxygen atoms in total. The van der Waals surface area contributed by atoms with Gasteiger partial charge in [-0.3, -0.25) is 0 Å². The van der Waals surface area contributed by atoms with E-state index in [0.29, 0.717) is 0 Å². The standard InChI is InChI=1S/C5H7N3O/c1-4-2-3-8(7-4)5(6)9/h2-3H,1H3,(H2,6,9). The molecule has 0 saturated carbocycles. The Balaban J connectivity index is 2.98. The molecule has 0 saturated heterocycles. The van der Waals surface area contributed by atoms with E-state index in [9.17, 15) is 4.79 Å². The van der Waals surface area contributed by atoms with Gasteiger partial charge in [0, 0.05) is 6.20 Å². The number of rotatable bonds is 0. The number of nitrogens with two attached hydrogens (primary N) is 1. The lowest BCUT2D eigenvalue weighted by molar-refractivity contribution is 0.247. The van der Waals surface area contributed by atoms with E-state index in [1.165, 1.54) is 6.20 Å². The van der Waals surface area contributed by atoms with E-state index in [1.807, 2.05) is 0 Å². The van der Waals surface area contributed by atoms with E-state index >= 15 is 0 Å². The normalized spacial score (nSPS) is 9.44. The van der Waals surface area contributed by atoms with Crippen molar-refractivity contribution in [2.75, 3.05) is 0 Å². The zero-order chi connectivity index (χ0) is 6.85. The summed E-state index contributed by atoms with van der Waals surface area (Å²) < 4.78 is 1.09. The summed E-state index contributed by atoms with van der Waals surface area (Å²) in [5, 5.41) is 3.75. The van der Waals surface area contributed by atoms with Gasteiger partial charge in [0.15, 0.2) is 0 Å². The van der Waals surface area contributed by atoms with Crippen molar-refractivity contribution in [3.8, 4) is 0 Å². The Hall–Kier alpha value is -1.32. The fraction of sp³-hybridized carbons (Fsp3) is 0.200. The summed E-state index contributed by atoms with van der Waals surface area (Å²) >= 11 is 0. The van der Waals surface area contributed by atoms with Gasteiger partial charge in [-0.15, -0.1) is 0 Å². The van der Waals surface area contributed by atoms with Crippen LogP contribution >= 0.6 is 0 Å². The molecule has 0 unspecified atom stereocenters. The predicted octanol–water partition coefficient (Wildman–Crippen LogP) is 0.118. The van der Waals surface area contributed by atoms with E-state index in [0.717, 1.165) is 10.4 Å². The van der Waals surface area contributed by atoms with Crippen molar-refractivity contribution in [2.45, 2.75) is 6.92 Å². The second kappa shape index (κ2) is 1.89. The number of carbonyl (C=O) groups is 1. The first-order valence-electron chi connectivity index (χ1n) is 2.52. The van der Waals surface area contributed by atoms with Gasteiger partial charge in [-0.2, -0.15) is 9.78 Å². The van der Waals surface area contributed by atoms with Gasteiger partial charge in [-0.1, -0.05) is 0 Å². The fourth-order valence-corrected chi connectivity index (χ4v) is 0.538. The molecule has 0 radical (unpaired) electrons. The molecular formula is C5H7N3O. The maximum atomic E-state index is 10.3. The lowest BCUT2D eigenvalue weighted by Crippen LogP contribution is -2.19. The second-order valence-corrected chi connectivity index (χ2v) is 1.74. The van der Waals surface area contributed by atoms with Gasteiger partial charge in [-0.05, 0) is 13.0 Å². The Bertz CT molecular complexity index is 228. The molecule has 0 atom stereocenters. The van der Waals surface area contributed by atoms with Crippen molar-refractivity contribution in [1.29, 1.82) is 0 Å². The number of carbonyl (C=O) groups excluding carboxylic acids is 1. The average molecular weight is 125 g/mol. The van der Waals surface area contributed by atoms with Crippen LogP contribution in [0.3, 0.4) is 0 Å². The molecule has 1 rings (SSSR count). The van der Waals surface area contributed by atoms with Crippen molar-refractivity contribution in [3.63, 3.8) is 0 Å². The monoisotopic (exact) mass is 125 g/mol. The zero-order valence-electron chi connectivity index (χ0n) is 5.03. The highest BCUT2D eigenvalue weighted by Gasteiger charge is 1.96. The highest BCUT2D eigenvalue weighted by molar-refractivity contribution is 5.73. The molecule has 1 aromatic heterocycles. The van der Waals surface area contributed by atoms with Crippen molar-refractivity contribution >= 4 is 6.03 Å². The molecule has 0 spiro atoms. The maximum absolute atomic E-state index is 10.3. The molecule has 0 aromatic carbocycles. The molecule has 1 amide bonds. The first kappa shape index (κ1) is 5.81. The Labute approximate surface area is 52.3 Å². The number of aromatic nitrogens is 2. The summed E-state index contributed by atoms with van der Waals surface area (Å²) in [4.78, 5) is 10.3. The van der Waals surface area contributed by atoms with E-state index in [4.69, 9.17) is 5.73 Å². The fourth-order valence-electron chi connectivity index (χ4n) is 0.538. The van der Waals surface area contributed by atoms with Crippen molar-refractivity contribution in [1.82, 2.24) is 9.78 Å². The van der Waals surface area contributed by atoms with Gasteiger partial charge in [0.1, 0.15) is 0 Å². The van der Waals surface area contributed by atoms with Crippen LogP contribution in [0.25, 0.3) is 0 Å². The largest absolute Gasteiger partial charge is 0.350 e.